The van der Waals surface area contributed by atoms with E-state index < -0.39 is 39.8 Å². The predicted molar refractivity (Wildman–Crippen MR) is 156 cm³/mol. The SMILES string of the molecule is COc1ccc(CNC(=O)C2C(c3ccccc3)C(C(=O)c3ccccc3)C(c3cccs3)N2S(C)(=O)=O)cc1. The fraction of sp³-hybridized carbons (Fsp3) is 0.226. The number of hydrogen-bond acceptors (Lipinski definition) is 6. The number of thiophene rings is 1. The van der Waals surface area contributed by atoms with Crippen molar-refractivity contribution in [2.45, 2.75) is 24.5 Å². The molecule has 1 amide bonds. The molecule has 7 nitrogen and oxygen atoms in total. The van der Waals surface area contributed by atoms with Gasteiger partial charge in [-0.05, 0) is 34.7 Å². The van der Waals surface area contributed by atoms with E-state index in [1.807, 2.05) is 66.0 Å². The third kappa shape index (κ3) is 5.58. The molecule has 3 aromatic carbocycles. The van der Waals surface area contributed by atoms with Gasteiger partial charge in [-0.2, -0.15) is 4.31 Å². The van der Waals surface area contributed by atoms with Crippen molar-refractivity contribution in [3.63, 3.8) is 0 Å². The van der Waals surface area contributed by atoms with Crippen LogP contribution in [0.25, 0.3) is 0 Å². The quantitative estimate of drug-likeness (QED) is 0.283. The van der Waals surface area contributed by atoms with Crippen molar-refractivity contribution in [3.05, 3.63) is 124 Å². The Hall–Kier alpha value is -3.79. The number of rotatable bonds is 9. The lowest BCUT2D eigenvalue weighted by atomic mass is 9.77. The number of ether oxygens (including phenoxy) is 1. The molecule has 0 radical (unpaired) electrons. The van der Waals surface area contributed by atoms with Gasteiger partial charge in [0.15, 0.2) is 5.78 Å². The lowest BCUT2D eigenvalue weighted by Gasteiger charge is -2.28. The van der Waals surface area contributed by atoms with Crippen LogP contribution in [-0.2, 0) is 21.4 Å². The van der Waals surface area contributed by atoms with E-state index in [2.05, 4.69) is 5.32 Å². The van der Waals surface area contributed by atoms with Crippen LogP contribution >= 0.6 is 11.3 Å². The fourth-order valence-corrected chi connectivity index (χ4v) is 7.77. The van der Waals surface area contributed by atoms with Crippen molar-refractivity contribution in [2.24, 2.45) is 5.92 Å². The Balaban J connectivity index is 1.63. The number of carbonyl (C=O) groups excluding carboxylic acids is 2. The maximum atomic E-state index is 14.3. The van der Waals surface area contributed by atoms with Crippen LogP contribution in [0.15, 0.2) is 102 Å². The Kier molecular flexibility index (Phi) is 8.16. The molecule has 4 aromatic rings. The molecule has 4 atom stereocenters. The minimum absolute atomic E-state index is 0.194. The molecule has 1 saturated heterocycles. The number of amides is 1. The summed E-state index contributed by atoms with van der Waals surface area (Å²) in [5, 5.41) is 4.81. The largest absolute Gasteiger partial charge is 0.497 e. The second-order valence-corrected chi connectivity index (χ2v) is 12.6. The number of sulfonamides is 1. The highest BCUT2D eigenvalue weighted by Gasteiger charge is 2.59. The van der Waals surface area contributed by atoms with Crippen molar-refractivity contribution >= 4 is 33.1 Å². The first-order valence-corrected chi connectivity index (χ1v) is 15.6. The number of ketones is 1. The molecule has 0 aliphatic carbocycles. The molecule has 0 bridgehead atoms. The van der Waals surface area contributed by atoms with E-state index >= 15 is 0 Å². The smallest absolute Gasteiger partial charge is 0.239 e. The summed E-state index contributed by atoms with van der Waals surface area (Å²) in [6.07, 6.45) is 1.11. The molecule has 40 heavy (non-hydrogen) atoms. The summed E-state index contributed by atoms with van der Waals surface area (Å²) in [7, 11) is -2.36. The van der Waals surface area contributed by atoms with Crippen molar-refractivity contribution in [3.8, 4) is 5.75 Å². The van der Waals surface area contributed by atoms with E-state index in [1.54, 1.807) is 43.5 Å². The standard InChI is InChI=1S/C31H30N2O5S2/c1-38-24-17-15-21(16-18-24)20-32-31(35)29-26(22-10-5-3-6-11-22)27(30(34)23-12-7-4-8-13-23)28(25-14-9-19-39-25)33(29)40(2,36)37/h3-19,26-29H,20H2,1-2H3,(H,32,35). The van der Waals surface area contributed by atoms with Crippen molar-refractivity contribution in [1.29, 1.82) is 0 Å². The van der Waals surface area contributed by atoms with Crippen molar-refractivity contribution < 1.29 is 22.7 Å². The van der Waals surface area contributed by atoms with Gasteiger partial charge in [0.2, 0.25) is 15.9 Å². The summed E-state index contributed by atoms with van der Waals surface area (Å²) in [5.74, 6) is -1.51. The summed E-state index contributed by atoms with van der Waals surface area (Å²) < 4.78 is 33.5. The number of carbonyl (C=O) groups is 2. The molecule has 5 rings (SSSR count). The first kappa shape index (κ1) is 27.8. The van der Waals surface area contributed by atoms with Crippen molar-refractivity contribution in [2.75, 3.05) is 13.4 Å². The number of nitrogens with zero attached hydrogens (tertiary/aromatic N) is 1. The van der Waals surface area contributed by atoms with Crippen molar-refractivity contribution in [1.82, 2.24) is 9.62 Å². The monoisotopic (exact) mass is 574 g/mol. The molecule has 2 heterocycles. The summed E-state index contributed by atoms with van der Waals surface area (Å²) >= 11 is 1.38. The molecular formula is C31H30N2O5S2. The normalized spacial score (nSPS) is 21.1. The Bertz CT molecular complexity index is 1560. The highest BCUT2D eigenvalue weighted by molar-refractivity contribution is 7.88. The van der Waals surface area contributed by atoms with Gasteiger partial charge in [-0.15, -0.1) is 11.3 Å². The van der Waals surface area contributed by atoms with E-state index in [4.69, 9.17) is 4.74 Å². The molecule has 1 aliphatic heterocycles. The van der Waals surface area contributed by atoms with Crippen LogP contribution in [0.4, 0.5) is 0 Å². The molecule has 9 heteroatoms. The molecule has 1 N–H and O–H groups in total. The number of benzene rings is 3. The predicted octanol–water partition coefficient (Wildman–Crippen LogP) is 5.04. The zero-order valence-electron chi connectivity index (χ0n) is 22.1. The molecule has 4 unspecified atom stereocenters. The minimum atomic E-state index is -3.94. The maximum absolute atomic E-state index is 14.3. The Morgan fingerprint density at radius 1 is 0.900 bits per heavy atom. The first-order valence-electron chi connectivity index (χ1n) is 12.9. The van der Waals surface area contributed by atoms with E-state index in [0.717, 1.165) is 17.4 Å². The van der Waals surface area contributed by atoms with E-state index in [9.17, 15) is 18.0 Å². The van der Waals surface area contributed by atoms with Crippen LogP contribution in [0.2, 0.25) is 0 Å². The van der Waals surface area contributed by atoms with E-state index in [0.29, 0.717) is 16.2 Å². The molecule has 206 valence electrons. The van der Waals surface area contributed by atoms with Crippen LogP contribution < -0.4 is 10.1 Å². The van der Waals surface area contributed by atoms with Crippen LogP contribution in [0.3, 0.4) is 0 Å². The van der Waals surface area contributed by atoms with Gasteiger partial charge in [-0.3, -0.25) is 9.59 Å². The Morgan fingerprint density at radius 3 is 2.12 bits per heavy atom. The first-order chi connectivity index (χ1) is 19.3. The van der Waals surface area contributed by atoms with Gasteiger partial charge in [0.05, 0.1) is 25.3 Å². The summed E-state index contributed by atoms with van der Waals surface area (Å²) in [4.78, 5) is 29.0. The number of nitrogens with one attached hydrogen (secondary N) is 1. The fourth-order valence-electron chi connectivity index (χ4n) is 5.54. The Morgan fingerprint density at radius 2 is 1.55 bits per heavy atom. The third-order valence-corrected chi connectivity index (χ3v) is 9.44. The van der Waals surface area contributed by atoms with Crippen LogP contribution in [0.1, 0.15) is 38.3 Å². The van der Waals surface area contributed by atoms with Crippen LogP contribution in [-0.4, -0.2) is 43.8 Å². The second-order valence-electron chi connectivity index (χ2n) is 9.76. The van der Waals surface area contributed by atoms with E-state index in [-0.39, 0.29) is 12.3 Å². The van der Waals surface area contributed by atoms with Crippen LogP contribution in [0.5, 0.6) is 5.75 Å². The average Bonchev–Trinajstić information content (AvgIpc) is 3.63. The second kappa shape index (κ2) is 11.8. The molecular weight excluding hydrogens is 544 g/mol. The number of methoxy groups -OCH3 is 1. The topological polar surface area (TPSA) is 92.8 Å². The van der Waals surface area contributed by atoms with Gasteiger partial charge >= 0.3 is 0 Å². The highest BCUT2D eigenvalue weighted by atomic mass is 32.2. The molecule has 1 aromatic heterocycles. The summed E-state index contributed by atoms with van der Waals surface area (Å²) in [6, 6.07) is 27.1. The summed E-state index contributed by atoms with van der Waals surface area (Å²) in [6.45, 7) is 0.194. The van der Waals surface area contributed by atoms with Gasteiger partial charge < -0.3 is 10.1 Å². The van der Waals surface area contributed by atoms with E-state index in [1.165, 1.54) is 15.6 Å². The number of hydrogen-bond donors (Lipinski definition) is 1. The highest BCUT2D eigenvalue weighted by Crippen LogP contribution is 2.53. The van der Waals surface area contributed by atoms with Gasteiger partial charge in [0.1, 0.15) is 11.8 Å². The molecule has 1 aliphatic rings. The zero-order chi connectivity index (χ0) is 28.3. The zero-order valence-corrected chi connectivity index (χ0v) is 23.8. The molecule has 1 fully saturated rings. The summed E-state index contributed by atoms with van der Waals surface area (Å²) in [5.41, 5.74) is 2.04. The lowest BCUT2D eigenvalue weighted by molar-refractivity contribution is -0.125. The lowest BCUT2D eigenvalue weighted by Crippen LogP contribution is -2.48. The maximum Gasteiger partial charge on any atom is 0.239 e. The molecule has 0 saturated carbocycles. The third-order valence-electron chi connectivity index (χ3n) is 7.27. The number of Topliss-reactive ketones (excluding diaryl/α,β-unsaturated/α-hetero) is 1. The van der Waals surface area contributed by atoms with Gasteiger partial charge in [-0.1, -0.05) is 78.9 Å². The van der Waals surface area contributed by atoms with Gasteiger partial charge in [0.25, 0.3) is 0 Å². The average molecular weight is 575 g/mol. The van der Waals surface area contributed by atoms with Gasteiger partial charge in [-0.25, -0.2) is 8.42 Å². The minimum Gasteiger partial charge on any atom is -0.497 e. The Labute approximate surface area is 238 Å². The van der Waals surface area contributed by atoms with Gasteiger partial charge in [0, 0.05) is 22.9 Å². The van der Waals surface area contributed by atoms with Crippen LogP contribution in [0, 0.1) is 5.92 Å². The molecule has 0 spiro atoms.